The first-order valence-electron chi connectivity index (χ1n) is 3.85. The summed E-state index contributed by atoms with van der Waals surface area (Å²) in [7, 11) is 1.92. The van der Waals surface area contributed by atoms with Gasteiger partial charge in [-0.1, -0.05) is 30.9 Å². The maximum Gasteiger partial charge on any atom is 0.0740 e. The minimum absolute atomic E-state index is 0.619. The number of hydrogen-bond acceptors (Lipinski definition) is 3. The van der Waals surface area contributed by atoms with Crippen LogP contribution < -0.4 is 5.73 Å². The molecule has 2 nitrogen and oxygen atoms in total. The van der Waals surface area contributed by atoms with Gasteiger partial charge >= 0.3 is 0 Å². The Hall–Kier alpha value is -0.740. The molecule has 2 N–H and O–H groups in total. The fourth-order valence-electron chi connectivity index (χ4n) is 1.05. The van der Waals surface area contributed by atoms with Crippen LogP contribution in [0.25, 0.3) is 0 Å². The number of rotatable bonds is 4. The van der Waals surface area contributed by atoms with Crippen LogP contribution in [0.4, 0.5) is 0 Å². The molecule has 0 bridgehead atoms. The molecule has 13 heavy (non-hydrogen) atoms. The summed E-state index contributed by atoms with van der Waals surface area (Å²) in [6.45, 7) is 3.72. The second-order valence-corrected chi connectivity index (χ2v) is 4.17. The van der Waals surface area contributed by atoms with Crippen molar-refractivity contribution in [2.24, 2.45) is 5.73 Å². The van der Waals surface area contributed by atoms with E-state index in [1.165, 1.54) is 4.91 Å². The molecule has 0 fully saturated rings. The van der Waals surface area contributed by atoms with E-state index in [-0.39, 0.29) is 0 Å². The smallest absolute Gasteiger partial charge is 0.0740 e. The number of nitrogens with two attached hydrogens (primary N) is 1. The third kappa shape index (κ3) is 2.60. The highest BCUT2D eigenvalue weighted by Crippen LogP contribution is 2.32. The van der Waals surface area contributed by atoms with E-state index in [9.17, 15) is 0 Å². The van der Waals surface area contributed by atoms with Crippen LogP contribution in [-0.4, -0.2) is 16.8 Å². The Morgan fingerprint density at radius 3 is 3.08 bits per heavy atom. The fourth-order valence-corrected chi connectivity index (χ4v) is 2.04. The van der Waals surface area contributed by atoms with Gasteiger partial charge in [0.05, 0.1) is 5.49 Å². The standard InChI is InChI=1S/C9H12N2S2/c1-7(10)8-4-3-5-9(8)13-11(2)6-12/h3-4,6H,1,5,10H2,2H3. The Bertz CT molecular complexity index is 292. The Kier molecular flexibility index (Phi) is 3.57. The molecule has 0 atom stereocenters. The molecule has 0 radical (unpaired) electrons. The fraction of sp³-hybridized carbons (Fsp3) is 0.222. The van der Waals surface area contributed by atoms with Crippen LogP contribution >= 0.6 is 24.2 Å². The van der Waals surface area contributed by atoms with E-state index < -0.39 is 0 Å². The molecule has 1 aliphatic rings. The highest BCUT2D eigenvalue weighted by atomic mass is 32.2. The first-order chi connectivity index (χ1) is 6.15. The summed E-state index contributed by atoms with van der Waals surface area (Å²) in [5.74, 6) is 0. The molecular formula is C9H12N2S2. The van der Waals surface area contributed by atoms with Crippen molar-refractivity contribution in [1.82, 2.24) is 4.31 Å². The number of allylic oxidation sites excluding steroid dienone is 3. The largest absolute Gasteiger partial charge is 0.399 e. The predicted molar refractivity (Wildman–Crippen MR) is 63.1 cm³/mol. The average molecular weight is 212 g/mol. The second-order valence-electron chi connectivity index (χ2n) is 2.71. The molecule has 0 saturated heterocycles. The molecule has 0 spiro atoms. The lowest BCUT2D eigenvalue weighted by Crippen LogP contribution is -2.05. The minimum atomic E-state index is 0.619. The van der Waals surface area contributed by atoms with Gasteiger partial charge in [-0.15, -0.1) is 0 Å². The summed E-state index contributed by atoms with van der Waals surface area (Å²) >= 11 is 6.39. The molecule has 1 aliphatic carbocycles. The topological polar surface area (TPSA) is 29.3 Å². The predicted octanol–water partition coefficient (Wildman–Crippen LogP) is 2.21. The Morgan fingerprint density at radius 1 is 1.85 bits per heavy atom. The average Bonchev–Trinajstić information content (AvgIpc) is 2.52. The zero-order chi connectivity index (χ0) is 9.84. The molecule has 70 valence electrons. The van der Waals surface area contributed by atoms with E-state index in [1.807, 2.05) is 17.4 Å². The van der Waals surface area contributed by atoms with E-state index >= 15 is 0 Å². The van der Waals surface area contributed by atoms with Gasteiger partial charge in [-0.2, -0.15) is 0 Å². The molecule has 0 aromatic heterocycles. The molecule has 4 heteroatoms. The lowest BCUT2D eigenvalue weighted by Gasteiger charge is -2.13. The second kappa shape index (κ2) is 4.48. The van der Waals surface area contributed by atoms with Crippen molar-refractivity contribution < 1.29 is 0 Å². The van der Waals surface area contributed by atoms with Gasteiger partial charge in [0.1, 0.15) is 0 Å². The van der Waals surface area contributed by atoms with Crippen LogP contribution in [0.2, 0.25) is 0 Å². The van der Waals surface area contributed by atoms with Crippen LogP contribution in [0, 0.1) is 0 Å². The number of hydrogen-bond donors (Lipinski definition) is 1. The summed E-state index contributed by atoms with van der Waals surface area (Å²) in [4.78, 5) is 1.20. The maximum absolute atomic E-state index is 5.63. The first kappa shape index (κ1) is 10.3. The van der Waals surface area contributed by atoms with E-state index in [1.54, 1.807) is 17.4 Å². The van der Waals surface area contributed by atoms with Crippen LogP contribution in [0.5, 0.6) is 0 Å². The van der Waals surface area contributed by atoms with Gasteiger partial charge in [0.15, 0.2) is 0 Å². The molecule has 0 aliphatic heterocycles. The van der Waals surface area contributed by atoms with Crippen LogP contribution in [-0.2, 0) is 0 Å². The summed E-state index contributed by atoms with van der Waals surface area (Å²) in [6, 6.07) is 0. The summed E-state index contributed by atoms with van der Waals surface area (Å²) in [6.07, 6.45) is 5.00. The van der Waals surface area contributed by atoms with Crippen molar-refractivity contribution in [3.63, 3.8) is 0 Å². The maximum atomic E-state index is 5.63. The van der Waals surface area contributed by atoms with Crippen molar-refractivity contribution in [3.8, 4) is 0 Å². The van der Waals surface area contributed by atoms with Gasteiger partial charge in [-0.25, -0.2) is 0 Å². The number of nitrogens with zero attached hydrogens (tertiary/aromatic N) is 1. The van der Waals surface area contributed by atoms with E-state index in [2.05, 4.69) is 12.7 Å². The summed E-state index contributed by atoms with van der Waals surface area (Å²) < 4.78 is 1.88. The quantitative estimate of drug-likeness (QED) is 0.571. The van der Waals surface area contributed by atoms with Crippen LogP contribution in [0.3, 0.4) is 0 Å². The first-order valence-corrected chi connectivity index (χ1v) is 5.10. The van der Waals surface area contributed by atoms with Crippen molar-refractivity contribution in [1.29, 1.82) is 0 Å². The Morgan fingerprint density at radius 2 is 2.54 bits per heavy atom. The Balaban J connectivity index is 2.74. The number of thiocarbonyl (C=S) groups is 1. The SMILES string of the molecule is C=C(N)C1=C(SN(C)C=S)CC=C1. The normalized spacial score (nSPS) is 14.8. The van der Waals surface area contributed by atoms with Gasteiger partial charge in [0.2, 0.25) is 0 Å². The molecule has 0 saturated carbocycles. The zero-order valence-electron chi connectivity index (χ0n) is 7.49. The van der Waals surface area contributed by atoms with Crippen molar-refractivity contribution in [2.45, 2.75) is 6.42 Å². The van der Waals surface area contributed by atoms with Gasteiger partial charge in [0.25, 0.3) is 0 Å². The highest BCUT2D eigenvalue weighted by molar-refractivity contribution is 8.02. The van der Waals surface area contributed by atoms with Crippen LogP contribution in [0.1, 0.15) is 6.42 Å². The third-order valence-electron chi connectivity index (χ3n) is 1.64. The lowest BCUT2D eigenvalue weighted by atomic mass is 10.2. The van der Waals surface area contributed by atoms with Crippen LogP contribution in [0.15, 0.2) is 34.9 Å². The lowest BCUT2D eigenvalue weighted by molar-refractivity contribution is 0.890. The van der Waals surface area contributed by atoms with E-state index in [0.717, 1.165) is 12.0 Å². The molecule has 0 unspecified atom stereocenters. The monoisotopic (exact) mass is 212 g/mol. The van der Waals surface area contributed by atoms with Crippen molar-refractivity contribution >= 4 is 29.7 Å². The van der Waals surface area contributed by atoms with Gasteiger partial charge < -0.3 is 10.0 Å². The van der Waals surface area contributed by atoms with E-state index in [4.69, 9.17) is 18.0 Å². The minimum Gasteiger partial charge on any atom is -0.399 e. The van der Waals surface area contributed by atoms with E-state index in [0.29, 0.717) is 5.70 Å². The third-order valence-corrected chi connectivity index (χ3v) is 3.09. The summed E-state index contributed by atoms with van der Waals surface area (Å²) in [5, 5.41) is 0. The van der Waals surface area contributed by atoms with Crippen molar-refractivity contribution in [2.75, 3.05) is 7.05 Å². The Labute approximate surface area is 88.3 Å². The summed E-state index contributed by atoms with van der Waals surface area (Å²) in [5.41, 5.74) is 8.89. The van der Waals surface area contributed by atoms with Gasteiger partial charge in [-0.05, 0) is 18.4 Å². The molecule has 0 amide bonds. The molecule has 0 aromatic rings. The highest BCUT2D eigenvalue weighted by Gasteiger charge is 2.12. The van der Waals surface area contributed by atoms with Gasteiger partial charge in [-0.3, -0.25) is 0 Å². The van der Waals surface area contributed by atoms with Crippen molar-refractivity contribution in [3.05, 3.63) is 34.9 Å². The molecule has 1 rings (SSSR count). The molecule has 0 heterocycles. The molecule has 0 aromatic carbocycles. The van der Waals surface area contributed by atoms with Gasteiger partial charge in [0, 0.05) is 23.2 Å². The molecular weight excluding hydrogens is 200 g/mol. The zero-order valence-corrected chi connectivity index (χ0v) is 9.12.